The number of ether oxygens (including phenoxy) is 1. The molecule has 0 atom stereocenters. The van der Waals surface area contributed by atoms with Gasteiger partial charge in [0.15, 0.2) is 0 Å². The van der Waals surface area contributed by atoms with Gasteiger partial charge in [-0.15, -0.1) is 0 Å². The lowest BCUT2D eigenvalue weighted by Crippen LogP contribution is -2.41. The summed E-state index contributed by atoms with van der Waals surface area (Å²) in [5, 5.41) is 5.71. The summed E-state index contributed by atoms with van der Waals surface area (Å²) in [6.07, 6.45) is 1.94. The molecule has 6 heteroatoms. The number of rotatable bonds is 2. The number of benzene rings is 1. The molecule has 2 aliphatic heterocycles. The maximum Gasteiger partial charge on any atom is 0.495 e. The van der Waals surface area contributed by atoms with Gasteiger partial charge in [0.2, 0.25) is 0 Å². The Balaban J connectivity index is 1.73. The Morgan fingerprint density at radius 3 is 2.35 bits per heavy atom. The van der Waals surface area contributed by atoms with Crippen LogP contribution in [0, 0.1) is 6.92 Å². The van der Waals surface area contributed by atoms with Crippen LogP contribution in [0.25, 0.3) is 10.9 Å². The van der Waals surface area contributed by atoms with E-state index >= 15 is 0 Å². The SMILES string of the molecule is Cc1c(B2OC(C)(C)C(C)(C)O2)ccc2c1cnn2C1COC1. The van der Waals surface area contributed by atoms with Crippen LogP contribution in [-0.2, 0) is 14.0 Å². The van der Waals surface area contributed by atoms with E-state index in [1.165, 1.54) is 5.56 Å². The molecule has 1 aromatic heterocycles. The first-order chi connectivity index (χ1) is 10.8. The fourth-order valence-corrected chi connectivity index (χ4v) is 3.16. The standard InChI is InChI=1S/C17H23BN2O3/c1-11-13-8-19-20(12-9-21-10-12)15(13)7-6-14(11)18-22-16(2,3)17(4,5)23-18/h6-8,12H,9-10H2,1-5H3. The maximum atomic E-state index is 6.20. The summed E-state index contributed by atoms with van der Waals surface area (Å²) in [4.78, 5) is 0. The molecule has 0 bridgehead atoms. The molecule has 4 rings (SSSR count). The number of hydrogen-bond donors (Lipinski definition) is 0. The molecule has 0 radical (unpaired) electrons. The second-order valence-electron chi connectivity index (χ2n) is 7.58. The lowest BCUT2D eigenvalue weighted by atomic mass is 9.75. The zero-order valence-electron chi connectivity index (χ0n) is 14.4. The van der Waals surface area contributed by atoms with Crippen LogP contribution in [0.3, 0.4) is 0 Å². The van der Waals surface area contributed by atoms with Crippen LogP contribution >= 0.6 is 0 Å². The van der Waals surface area contributed by atoms with Gasteiger partial charge < -0.3 is 14.0 Å². The molecule has 2 aliphatic rings. The predicted molar refractivity (Wildman–Crippen MR) is 90.0 cm³/mol. The van der Waals surface area contributed by atoms with E-state index in [2.05, 4.69) is 56.5 Å². The summed E-state index contributed by atoms with van der Waals surface area (Å²) in [7, 11) is -0.334. The van der Waals surface area contributed by atoms with Gasteiger partial charge in [-0.3, -0.25) is 4.68 Å². The van der Waals surface area contributed by atoms with E-state index in [-0.39, 0.29) is 18.3 Å². The van der Waals surface area contributed by atoms with Gasteiger partial charge in [0.1, 0.15) is 0 Å². The van der Waals surface area contributed by atoms with Crippen molar-refractivity contribution in [2.45, 2.75) is 51.9 Å². The van der Waals surface area contributed by atoms with Crippen LogP contribution in [0.15, 0.2) is 18.3 Å². The molecule has 0 N–H and O–H groups in total. The molecule has 2 saturated heterocycles. The minimum Gasteiger partial charge on any atom is -0.399 e. The van der Waals surface area contributed by atoms with Gasteiger partial charge >= 0.3 is 7.12 Å². The van der Waals surface area contributed by atoms with E-state index in [0.717, 1.165) is 29.6 Å². The summed E-state index contributed by atoms with van der Waals surface area (Å²) in [5.41, 5.74) is 2.75. The fraction of sp³-hybridized carbons (Fsp3) is 0.588. The molecule has 23 heavy (non-hydrogen) atoms. The normalized spacial score (nSPS) is 23.4. The highest BCUT2D eigenvalue weighted by molar-refractivity contribution is 6.63. The Labute approximate surface area is 137 Å². The highest BCUT2D eigenvalue weighted by Crippen LogP contribution is 2.37. The minimum absolute atomic E-state index is 0.327. The van der Waals surface area contributed by atoms with Crippen molar-refractivity contribution in [3.63, 3.8) is 0 Å². The van der Waals surface area contributed by atoms with E-state index in [9.17, 15) is 0 Å². The number of hydrogen-bond acceptors (Lipinski definition) is 4. The zero-order chi connectivity index (χ0) is 16.4. The Bertz CT molecular complexity index is 749. The third-order valence-corrected chi connectivity index (χ3v) is 5.57. The summed E-state index contributed by atoms with van der Waals surface area (Å²) in [6.45, 7) is 11.9. The van der Waals surface area contributed by atoms with E-state index in [0.29, 0.717) is 6.04 Å². The monoisotopic (exact) mass is 314 g/mol. The van der Waals surface area contributed by atoms with Gasteiger partial charge in [0.05, 0.1) is 42.2 Å². The van der Waals surface area contributed by atoms with Crippen molar-refractivity contribution in [3.8, 4) is 0 Å². The molecule has 0 aliphatic carbocycles. The minimum atomic E-state index is -0.334. The van der Waals surface area contributed by atoms with Crippen molar-refractivity contribution < 1.29 is 14.0 Å². The molecule has 0 unspecified atom stereocenters. The molecule has 5 nitrogen and oxygen atoms in total. The Morgan fingerprint density at radius 2 is 1.78 bits per heavy atom. The largest absolute Gasteiger partial charge is 0.495 e. The van der Waals surface area contributed by atoms with Crippen molar-refractivity contribution >= 4 is 23.5 Å². The molecule has 0 spiro atoms. The third kappa shape index (κ3) is 2.16. The van der Waals surface area contributed by atoms with Gasteiger partial charge in [0.25, 0.3) is 0 Å². The summed E-state index contributed by atoms with van der Waals surface area (Å²) >= 11 is 0. The molecule has 122 valence electrons. The van der Waals surface area contributed by atoms with Crippen LogP contribution < -0.4 is 5.46 Å². The summed E-state index contributed by atoms with van der Waals surface area (Å²) < 4.78 is 19.8. The molecule has 0 amide bonds. The third-order valence-electron chi connectivity index (χ3n) is 5.57. The van der Waals surface area contributed by atoms with Crippen LogP contribution in [0.1, 0.15) is 39.3 Å². The molecular weight excluding hydrogens is 291 g/mol. The highest BCUT2D eigenvalue weighted by atomic mass is 16.7. The lowest BCUT2D eigenvalue weighted by molar-refractivity contribution is -0.0266. The van der Waals surface area contributed by atoms with E-state index in [1.807, 2.05) is 6.20 Å². The fourth-order valence-electron chi connectivity index (χ4n) is 3.16. The Kier molecular flexibility index (Phi) is 3.18. The second kappa shape index (κ2) is 4.82. The maximum absolute atomic E-state index is 6.20. The smallest absolute Gasteiger partial charge is 0.399 e. The van der Waals surface area contributed by atoms with Gasteiger partial charge in [-0.05, 0) is 51.7 Å². The molecule has 1 aromatic carbocycles. The first-order valence-corrected chi connectivity index (χ1v) is 8.20. The van der Waals surface area contributed by atoms with Gasteiger partial charge in [-0.25, -0.2) is 0 Å². The van der Waals surface area contributed by atoms with Crippen molar-refractivity contribution in [3.05, 3.63) is 23.9 Å². The first-order valence-electron chi connectivity index (χ1n) is 8.20. The van der Waals surface area contributed by atoms with Crippen molar-refractivity contribution in [1.29, 1.82) is 0 Å². The molecule has 0 saturated carbocycles. The van der Waals surface area contributed by atoms with Crippen LogP contribution in [-0.4, -0.2) is 41.3 Å². The molecule has 2 fully saturated rings. The average molecular weight is 314 g/mol. The zero-order valence-corrected chi connectivity index (χ0v) is 14.4. The Morgan fingerprint density at radius 1 is 1.13 bits per heavy atom. The predicted octanol–water partition coefficient (Wildman–Crippen LogP) is 2.22. The van der Waals surface area contributed by atoms with Gasteiger partial charge in [0, 0.05) is 5.39 Å². The molecular formula is C17H23BN2O3. The highest BCUT2D eigenvalue weighted by Gasteiger charge is 2.52. The topological polar surface area (TPSA) is 45.5 Å². The quantitative estimate of drug-likeness (QED) is 0.798. The van der Waals surface area contributed by atoms with Crippen LogP contribution in [0.5, 0.6) is 0 Å². The van der Waals surface area contributed by atoms with Gasteiger partial charge in [-0.1, -0.05) is 6.07 Å². The molecule has 3 heterocycles. The number of fused-ring (bicyclic) bond motifs is 1. The average Bonchev–Trinajstić information content (AvgIpc) is 2.89. The van der Waals surface area contributed by atoms with E-state index in [4.69, 9.17) is 14.0 Å². The van der Waals surface area contributed by atoms with Gasteiger partial charge in [-0.2, -0.15) is 5.10 Å². The Hall–Kier alpha value is -1.37. The molecule has 2 aromatic rings. The lowest BCUT2D eigenvalue weighted by Gasteiger charge is -2.32. The number of nitrogens with zero attached hydrogens (tertiary/aromatic N) is 2. The van der Waals surface area contributed by atoms with E-state index < -0.39 is 0 Å². The van der Waals surface area contributed by atoms with Crippen LogP contribution in [0.4, 0.5) is 0 Å². The van der Waals surface area contributed by atoms with Crippen molar-refractivity contribution in [2.24, 2.45) is 0 Å². The van der Waals surface area contributed by atoms with Crippen molar-refractivity contribution in [2.75, 3.05) is 13.2 Å². The van der Waals surface area contributed by atoms with Crippen molar-refractivity contribution in [1.82, 2.24) is 9.78 Å². The first kappa shape index (κ1) is 15.2. The number of aryl methyl sites for hydroxylation is 1. The summed E-state index contributed by atoms with van der Waals surface area (Å²) in [6, 6.07) is 4.58. The number of aromatic nitrogens is 2. The van der Waals surface area contributed by atoms with E-state index in [1.54, 1.807) is 0 Å². The van der Waals surface area contributed by atoms with Crippen LogP contribution in [0.2, 0.25) is 0 Å². The summed E-state index contributed by atoms with van der Waals surface area (Å²) in [5.74, 6) is 0. The second-order valence-corrected chi connectivity index (χ2v) is 7.58.